The Labute approximate surface area is 95.0 Å². The van der Waals surface area contributed by atoms with Crippen LogP contribution in [0.25, 0.3) is 0 Å². The molecular weight excluding hydrogens is 232 g/mol. The van der Waals surface area contributed by atoms with Gasteiger partial charge in [0.15, 0.2) is 0 Å². The molecule has 0 unspecified atom stereocenters. The normalized spacial score (nSPS) is 12.3. The van der Waals surface area contributed by atoms with Crippen LogP contribution in [0.2, 0.25) is 0 Å². The minimum atomic E-state index is -3.05. The fraction of sp³-hybridized carbons (Fsp3) is 0.667. The summed E-state index contributed by atoms with van der Waals surface area (Å²) in [5, 5.41) is 0. The second kappa shape index (κ2) is 5.05. The molecule has 4 nitrogen and oxygen atoms in total. The van der Waals surface area contributed by atoms with Crippen LogP contribution in [0.15, 0.2) is 5.51 Å². The summed E-state index contributed by atoms with van der Waals surface area (Å²) in [6, 6.07) is 0. The van der Waals surface area contributed by atoms with Crippen LogP contribution in [-0.2, 0) is 16.4 Å². The number of thiazole rings is 1. The number of nitrogens with zero attached hydrogens (tertiary/aromatic N) is 2. The van der Waals surface area contributed by atoms with E-state index in [0.717, 1.165) is 17.0 Å². The molecule has 0 aliphatic carbocycles. The summed E-state index contributed by atoms with van der Waals surface area (Å²) in [5.74, 6) is 0.158. The molecule has 0 saturated carbocycles. The SMILES string of the molecule is CCS(=O)(=O)N(C)CCc1scnc1C. The predicted octanol–water partition coefficient (Wildman–Crippen LogP) is 1.28. The predicted molar refractivity (Wildman–Crippen MR) is 62.6 cm³/mol. The van der Waals surface area contributed by atoms with Crippen molar-refractivity contribution >= 4 is 21.4 Å². The number of hydrogen-bond acceptors (Lipinski definition) is 4. The van der Waals surface area contributed by atoms with Crippen molar-refractivity contribution in [3.63, 3.8) is 0 Å². The van der Waals surface area contributed by atoms with Gasteiger partial charge in [-0.1, -0.05) is 0 Å². The minimum Gasteiger partial charge on any atom is -0.250 e. The van der Waals surface area contributed by atoms with Crippen LogP contribution >= 0.6 is 11.3 Å². The molecule has 0 bridgehead atoms. The highest BCUT2D eigenvalue weighted by Gasteiger charge is 2.15. The molecule has 86 valence electrons. The van der Waals surface area contributed by atoms with Gasteiger partial charge in [0.25, 0.3) is 0 Å². The molecule has 0 saturated heterocycles. The van der Waals surface area contributed by atoms with E-state index >= 15 is 0 Å². The standard InChI is InChI=1S/C9H16N2O2S2/c1-4-15(12,13)11(3)6-5-9-8(2)10-7-14-9/h7H,4-6H2,1-3H3. The highest BCUT2D eigenvalue weighted by molar-refractivity contribution is 7.89. The third-order valence-corrected chi connectivity index (χ3v) is 5.20. The Morgan fingerprint density at radius 1 is 1.53 bits per heavy atom. The lowest BCUT2D eigenvalue weighted by molar-refractivity contribution is 0.474. The number of aromatic nitrogens is 1. The smallest absolute Gasteiger partial charge is 0.213 e. The summed E-state index contributed by atoms with van der Waals surface area (Å²) in [7, 11) is -1.43. The Hall–Kier alpha value is -0.460. The van der Waals surface area contributed by atoms with Crippen LogP contribution in [0.4, 0.5) is 0 Å². The van der Waals surface area contributed by atoms with Crippen molar-refractivity contribution in [2.24, 2.45) is 0 Å². The maximum absolute atomic E-state index is 11.5. The van der Waals surface area contributed by atoms with Crippen molar-refractivity contribution < 1.29 is 8.42 Å². The summed E-state index contributed by atoms with van der Waals surface area (Å²) in [6.07, 6.45) is 0.742. The lowest BCUT2D eigenvalue weighted by Crippen LogP contribution is -2.30. The van der Waals surface area contributed by atoms with Crippen LogP contribution in [0.5, 0.6) is 0 Å². The molecule has 0 radical (unpaired) electrons. The van der Waals surface area contributed by atoms with E-state index in [-0.39, 0.29) is 5.75 Å². The van der Waals surface area contributed by atoms with E-state index < -0.39 is 10.0 Å². The third-order valence-electron chi connectivity index (χ3n) is 2.34. The zero-order chi connectivity index (χ0) is 11.5. The van der Waals surface area contributed by atoms with E-state index in [2.05, 4.69) is 4.98 Å². The lowest BCUT2D eigenvalue weighted by Gasteiger charge is -2.15. The zero-order valence-corrected chi connectivity index (χ0v) is 10.9. The summed E-state index contributed by atoms with van der Waals surface area (Å²) in [6.45, 7) is 4.13. The Balaban J connectivity index is 2.55. The van der Waals surface area contributed by atoms with Crippen LogP contribution < -0.4 is 0 Å². The summed E-state index contributed by atoms with van der Waals surface area (Å²) >= 11 is 1.58. The lowest BCUT2D eigenvalue weighted by atomic mass is 10.3. The van der Waals surface area contributed by atoms with Gasteiger partial charge < -0.3 is 0 Å². The first kappa shape index (κ1) is 12.6. The number of sulfonamides is 1. The molecule has 0 aliphatic heterocycles. The second-order valence-corrected chi connectivity index (χ2v) is 6.64. The molecule has 0 N–H and O–H groups in total. The van der Waals surface area contributed by atoms with Gasteiger partial charge in [0, 0.05) is 18.5 Å². The van der Waals surface area contributed by atoms with Crippen LogP contribution in [0, 0.1) is 6.92 Å². The molecular formula is C9H16N2O2S2. The first-order valence-corrected chi connectivity index (χ1v) is 7.29. The first-order valence-electron chi connectivity index (χ1n) is 4.80. The van der Waals surface area contributed by atoms with Gasteiger partial charge in [-0.3, -0.25) is 0 Å². The molecule has 0 aromatic carbocycles. The average molecular weight is 248 g/mol. The van der Waals surface area contributed by atoms with Gasteiger partial charge in [-0.15, -0.1) is 11.3 Å². The van der Waals surface area contributed by atoms with Gasteiger partial charge in [-0.25, -0.2) is 17.7 Å². The van der Waals surface area contributed by atoms with Crippen molar-refractivity contribution in [3.05, 3.63) is 16.1 Å². The number of hydrogen-bond donors (Lipinski definition) is 0. The average Bonchev–Trinajstić information content (AvgIpc) is 2.60. The van der Waals surface area contributed by atoms with E-state index in [9.17, 15) is 8.42 Å². The fourth-order valence-corrected chi connectivity index (χ4v) is 2.77. The number of likely N-dealkylation sites (N-methyl/N-ethyl adjacent to an activating group) is 1. The highest BCUT2D eigenvalue weighted by atomic mass is 32.2. The molecule has 0 fully saturated rings. The van der Waals surface area contributed by atoms with Crippen LogP contribution in [0.1, 0.15) is 17.5 Å². The van der Waals surface area contributed by atoms with E-state index in [1.54, 1.807) is 30.8 Å². The largest absolute Gasteiger partial charge is 0.250 e. The van der Waals surface area contributed by atoms with Crippen molar-refractivity contribution in [2.45, 2.75) is 20.3 Å². The Morgan fingerprint density at radius 2 is 2.20 bits per heavy atom. The fourth-order valence-electron chi connectivity index (χ4n) is 1.18. The number of aryl methyl sites for hydroxylation is 1. The third kappa shape index (κ3) is 3.25. The topological polar surface area (TPSA) is 50.3 Å². The minimum absolute atomic E-state index is 0.158. The van der Waals surface area contributed by atoms with E-state index in [1.807, 2.05) is 6.92 Å². The van der Waals surface area contributed by atoms with Crippen LogP contribution in [-0.4, -0.2) is 37.1 Å². The van der Waals surface area contributed by atoms with Crippen molar-refractivity contribution in [3.8, 4) is 0 Å². The highest BCUT2D eigenvalue weighted by Crippen LogP contribution is 2.13. The van der Waals surface area contributed by atoms with Crippen molar-refractivity contribution in [1.82, 2.24) is 9.29 Å². The molecule has 0 amide bonds. The molecule has 6 heteroatoms. The summed E-state index contributed by atoms with van der Waals surface area (Å²) in [5.41, 5.74) is 2.79. The van der Waals surface area contributed by atoms with Gasteiger partial charge in [-0.05, 0) is 20.3 Å². The van der Waals surface area contributed by atoms with Gasteiger partial charge in [-0.2, -0.15) is 0 Å². The quantitative estimate of drug-likeness (QED) is 0.788. The Bertz CT molecular complexity index is 412. The Morgan fingerprint density at radius 3 is 2.67 bits per heavy atom. The maximum atomic E-state index is 11.5. The number of rotatable bonds is 5. The van der Waals surface area contributed by atoms with Gasteiger partial charge in [0.1, 0.15) is 0 Å². The Kier molecular flexibility index (Phi) is 4.24. The van der Waals surface area contributed by atoms with Gasteiger partial charge in [0.2, 0.25) is 10.0 Å². The molecule has 15 heavy (non-hydrogen) atoms. The zero-order valence-electron chi connectivity index (χ0n) is 9.23. The monoisotopic (exact) mass is 248 g/mol. The molecule has 1 heterocycles. The second-order valence-electron chi connectivity index (χ2n) is 3.33. The summed E-state index contributed by atoms with van der Waals surface area (Å²) < 4.78 is 24.3. The molecule has 0 aliphatic rings. The molecule has 1 aromatic heterocycles. The first-order chi connectivity index (χ1) is 6.97. The summed E-state index contributed by atoms with van der Waals surface area (Å²) in [4.78, 5) is 5.29. The van der Waals surface area contributed by atoms with Crippen LogP contribution in [0.3, 0.4) is 0 Å². The van der Waals surface area contributed by atoms with Gasteiger partial charge in [0.05, 0.1) is 17.0 Å². The molecule has 1 rings (SSSR count). The van der Waals surface area contributed by atoms with Gasteiger partial charge >= 0.3 is 0 Å². The molecule has 0 atom stereocenters. The molecule has 0 spiro atoms. The van der Waals surface area contributed by atoms with Crippen molar-refractivity contribution in [2.75, 3.05) is 19.3 Å². The molecule has 1 aromatic rings. The van der Waals surface area contributed by atoms with E-state index in [1.165, 1.54) is 4.31 Å². The van der Waals surface area contributed by atoms with Crippen molar-refractivity contribution in [1.29, 1.82) is 0 Å². The maximum Gasteiger partial charge on any atom is 0.213 e. The van der Waals surface area contributed by atoms with E-state index in [0.29, 0.717) is 6.54 Å². The van der Waals surface area contributed by atoms with E-state index in [4.69, 9.17) is 0 Å².